The van der Waals surface area contributed by atoms with Crippen molar-refractivity contribution < 1.29 is 18.1 Å². The van der Waals surface area contributed by atoms with Gasteiger partial charge in [-0.1, -0.05) is 13.8 Å². The Morgan fingerprint density at radius 1 is 1.20 bits per heavy atom. The number of quaternary nitrogens is 1. The summed E-state index contributed by atoms with van der Waals surface area (Å²) in [5, 5.41) is 0. The molecule has 0 aromatic heterocycles. The zero-order chi connectivity index (χ0) is 15.4. The molecule has 0 aliphatic carbocycles. The highest BCUT2D eigenvalue weighted by atomic mass is 32.2. The number of sulfonamides is 1. The fourth-order valence-corrected chi connectivity index (χ4v) is 3.39. The van der Waals surface area contributed by atoms with Crippen LogP contribution in [0.4, 0.5) is 0 Å². The summed E-state index contributed by atoms with van der Waals surface area (Å²) >= 11 is 0. The van der Waals surface area contributed by atoms with Crippen molar-refractivity contribution >= 4 is 10.0 Å². The van der Waals surface area contributed by atoms with Crippen molar-refractivity contribution in [1.29, 1.82) is 0 Å². The Morgan fingerprint density at radius 3 is 2.20 bits per heavy atom. The maximum absolute atomic E-state index is 12.2. The lowest BCUT2D eigenvalue weighted by atomic mass is 9.93. The summed E-state index contributed by atoms with van der Waals surface area (Å²) in [5.41, 5.74) is -0.0988. The van der Waals surface area contributed by atoms with E-state index < -0.39 is 10.0 Å². The van der Waals surface area contributed by atoms with Crippen molar-refractivity contribution in [2.24, 2.45) is 5.41 Å². The number of hydrogen-bond donors (Lipinski definition) is 2. The minimum absolute atomic E-state index is 0.0988. The molecule has 0 fully saturated rings. The normalized spacial score (nSPS) is 12.7. The van der Waals surface area contributed by atoms with E-state index >= 15 is 0 Å². The van der Waals surface area contributed by atoms with Gasteiger partial charge < -0.3 is 9.64 Å². The zero-order valence-electron chi connectivity index (χ0n) is 12.9. The molecule has 0 aliphatic heterocycles. The van der Waals surface area contributed by atoms with Crippen LogP contribution in [0.15, 0.2) is 29.2 Å². The molecule has 6 heteroatoms. The summed E-state index contributed by atoms with van der Waals surface area (Å²) in [6.45, 7) is 5.40. The van der Waals surface area contributed by atoms with E-state index in [-0.39, 0.29) is 10.3 Å². The molecular weight excluding hydrogens is 276 g/mol. The van der Waals surface area contributed by atoms with E-state index in [4.69, 9.17) is 4.74 Å². The Morgan fingerprint density at radius 2 is 1.75 bits per heavy atom. The molecule has 1 aromatic rings. The average Bonchev–Trinajstić information content (AvgIpc) is 2.35. The minimum atomic E-state index is -3.47. The monoisotopic (exact) mass is 301 g/mol. The van der Waals surface area contributed by atoms with Gasteiger partial charge in [0, 0.05) is 12.0 Å². The second-order valence-electron chi connectivity index (χ2n) is 6.05. The van der Waals surface area contributed by atoms with Gasteiger partial charge in [-0.2, -0.15) is 0 Å². The Labute approximate surface area is 122 Å². The lowest BCUT2D eigenvalue weighted by Gasteiger charge is -2.26. The SMILES string of the molecule is COc1ccc(S(=O)(=O)NCC(C)(C)C[NH+](C)C)cc1. The molecule has 2 N–H and O–H groups in total. The van der Waals surface area contributed by atoms with Crippen LogP contribution in [-0.2, 0) is 10.0 Å². The predicted octanol–water partition coefficient (Wildman–Crippen LogP) is 0.144. The van der Waals surface area contributed by atoms with E-state index in [1.54, 1.807) is 31.4 Å². The smallest absolute Gasteiger partial charge is 0.240 e. The summed E-state index contributed by atoms with van der Waals surface area (Å²) in [4.78, 5) is 1.55. The van der Waals surface area contributed by atoms with Gasteiger partial charge in [0.15, 0.2) is 0 Å². The van der Waals surface area contributed by atoms with Crippen molar-refractivity contribution in [3.63, 3.8) is 0 Å². The lowest BCUT2D eigenvalue weighted by Crippen LogP contribution is -3.07. The third-order valence-corrected chi connectivity index (χ3v) is 4.36. The van der Waals surface area contributed by atoms with Crippen LogP contribution < -0.4 is 14.4 Å². The van der Waals surface area contributed by atoms with Crippen LogP contribution in [0.1, 0.15) is 13.8 Å². The quantitative estimate of drug-likeness (QED) is 0.753. The fourth-order valence-electron chi connectivity index (χ4n) is 2.15. The van der Waals surface area contributed by atoms with Crippen molar-refractivity contribution in [2.75, 3.05) is 34.3 Å². The molecule has 0 atom stereocenters. The molecule has 0 unspecified atom stereocenters. The molecule has 0 spiro atoms. The van der Waals surface area contributed by atoms with E-state index in [1.807, 2.05) is 0 Å². The maximum atomic E-state index is 12.2. The van der Waals surface area contributed by atoms with Crippen LogP contribution in [0.25, 0.3) is 0 Å². The summed E-state index contributed by atoms with van der Waals surface area (Å²) in [5.74, 6) is 0.639. The van der Waals surface area contributed by atoms with Gasteiger partial charge in [0.1, 0.15) is 5.75 Å². The Bertz CT molecular complexity index is 522. The molecule has 1 aromatic carbocycles. The zero-order valence-corrected chi connectivity index (χ0v) is 13.7. The number of rotatable bonds is 7. The first-order valence-corrected chi connectivity index (χ1v) is 8.07. The van der Waals surface area contributed by atoms with Crippen LogP contribution >= 0.6 is 0 Å². The number of hydrogen-bond acceptors (Lipinski definition) is 3. The highest BCUT2D eigenvalue weighted by Gasteiger charge is 2.25. The van der Waals surface area contributed by atoms with Gasteiger partial charge in [0.25, 0.3) is 0 Å². The van der Waals surface area contributed by atoms with Crippen LogP contribution in [0.2, 0.25) is 0 Å². The third kappa shape index (κ3) is 5.11. The molecule has 0 radical (unpaired) electrons. The van der Waals surface area contributed by atoms with E-state index in [0.717, 1.165) is 6.54 Å². The second-order valence-corrected chi connectivity index (χ2v) is 7.82. The Hall–Kier alpha value is -1.11. The summed E-state index contributed by atoms with van der Waals surface area (Å²) in [6.07, 6.45) is 0. The van der Waals surface area contributed by atoms with E-state index in [1.165, 1.54) is 4.90 Å². The highest BCUT2D eigenvalue weighted by molar-refractivity contribution is 7.89. The van der Waals surface area contributed by atoms with Gasteiger partial charge in [-0.15, -0.1) is 0 Å². The minimum Gasteiger partial charge on any atom is -0.497 e. The molecule has 20 heavy (non-hydrogen) atoms. The molecule has 0 heterocycles. The third-order valence-electron chi connectivity index (χ3n) is 2.94. The van der Waals surface area contributed by atoms with Gasteiger partial charge in [-0.3, -0.25) is 0 Å². The van der Waals surface area contributed by atoms with Gasteiger partial charge in [0.05, 0.1) is 32.6 Å². The molecule has 0 bridgehead atoms. The van der Waals surface area contributed by atoms with Crippen molar-refractivity contribution in [2.45, 2.75) is 18.7 Å². The van der Waals surface area contributed by atoms with Crippen LogP contribution in [0.5, 0.6) is 5.75 Å². The first kappa shape index (κ1) is 16.9. The second kappa shape index (κ2) is 6.56. The van der Waals surface area contributed by atoms with E-state index in [0.29, 0.717) is 12.3 Å². The molecule has 1 rings (SSSR count). The molecule has 0 saturated carbocycles. The maximum Gasteiger partial charge on any atom is 0.240 e. The van der Waals surface area contributed by atoms with Gasteiger partial charge in [-0.25, -0.2) is 13.1 Å². The summed E-state index contributed by atoms with van der Waals surface area (Å²) < 4.78 is 32.1. The number of benzene rings is 1. The highest BCUT2D eigenvalue weighted by Crippen LogP contribution is 2.17. The number of ether oxygens (including phenoxy) is 1. The van der Waals surface area contributed by atoms with Crippen LogP contribution in [-0.4, -0.2) is 42.7 Å². The van der Waals surface area contributed by atoms with E-state index in [9.17, 15) is 8.42 Å². The molecule has 0 amide bonds. The first-order valence-electron chi connectivity index (χ1n) is 6.59. The number of methoxy groups -OCH3 is 1. The largest absolute Gasteiger partial charge is 0.497 e. The van der Waals surface area contributed by atoms with Crippen molar-refractivity contribution in [3.8, 4) is 5.75 Å². The summed E-state index contributed by atoms with van der Waals surface area (Å²) in [6, 6.07) is 6.38. The van der Waals surface area contributed by atoms with Crippen molar-refractivity contribution in [1.82, 2.24) is 4.72 Å². The lowest BCUT2D eigenvalue weighted by molar-refractivity contribution is -0.865. The molecule has 114 valence electrons. The predicted molar refractivity (Wildman–Crippen MR) is 79.6 cm³/mol. The molecule has 5 nitrogen and oxygen atoms in total. The topological polar surface area (TPSA) is 59.8 Å². The first-order chi connectivity index (χ1) is 9.16. The fraction of sp³-hybridized carbons (Fsp3) is 0.571. The average molecular weight is 301 g/mol. The van der Waals surface area contributed by atoms with Gasteiger partial charge in [-0.05, 0) is 24.3 Å². The number of nitrogens with one attached hydrogen (secondary N) is 2. The standard InChI is InChI=1S/C14H24N2O3S/c1-14(2,11-16(3)4)10-15-20(17,18)13-8-6-12(19-5)7-9-13/h6-9,15H,10-11H2,1-5H3/p+1. The molecule has 0 saturated heterocycles. The van der Waals surface area contributed by atoms with E-state index in [2.05, 4.69) is 32.7 Å². The van der Waals surface area contributed by atoms with Crippen molar-refractivity contribution in [3.05, 3.63) is 24.3 Å². The van der Waals surface area contributed by atoms with Crippen LogP contribution in [0.3, 0.4) is 0 Å². The Kier molecular flexibility index (Phi) is 5.56. The van der Waals surface area contributed by atoms with Crippen LogP contribution in [0, 0.1) is 5.41 Å². The van der Waals surface area contributed by atoms with Gasteiger partial charge >= 0.3 is 0 Å². The van der Waals surface area contributed by atoms with Gasteiger partial charge in [0.2, 0.25) is 10.0 Å². The molecular formula is C14H25N2O3S+. The Balaban J connectivity index is 2.74. The molecule has 0 aliphatic rings. The summed E-state index contributed by atoms with van der Waals surface area (Å²) in [7, 11) is 2.19.